The van der Waals surface area contributed by atoms with E-state index in [1.165, 1.54) is 16.3 Å². The van der Waals surface area contributed by atoms with E-state index in [1.807, 2.05) is 42.5 Å². The molecule has 0 saturated heterocycles. The molecule has 2 rings (SSSR count). The fourth-order valence-electron chi connectivity index (χ4n) is 1.95. The summed E-state index contributed by atoms with van der Waals surface area (Å²) < 4.78 is 0. The van der Waals surface area contributed by atoms with Crippen LogP contribution in [0.15, 0.2) is 67.8 Å². The highest BCUT2D eigenvalue weighted by atomic mass is 28.3. The fourth-order valence-corrected chi connectivity index (χ4v) is 3.59. The first kappa shape index (κ1) is 16.2. The van der Waals surface area contributed by atoms with Gasteiger partial charge < -0.3 is 0 Å². The quantitative estimate of drug-likeness (QED) is 0.677. The van der Waals surface area contributed by atoms with Gasteiger partial charge in [0.25, 0.3) is 0 Å². The van der Waals surface area contributed by atoms with E-state index in [4.69, 9.17) is 0 Å². The zero-order valence-electron chi connectivity index (χ0n) is 12.8. The summed E-state index contributed by atoms with van der Waals surface area (Å²) >= 11 is 0. The number of hydrogen-bond donors (Lipinski definition) is 0. The lowest BCUT2D eigenvalue weighted by Crippen LogP contribution is -2.39. The summed E-state index contributed by atoms with van der Waals surface area (Å²) in [6, 6.07) is 18.6. The fraction of sp³-hybridized carbons (Fsp3) is 0.158. The molecule has 0 heterocycles. The Kier molecular flexibility index (Phi) is 6.20. The highest BCUT2D eigenvalue weighted by Gasteiger charge is 2.17. The van der Waals surface area contributed by atoms with Crippen molar-refractivity contribution in [2.75, 3.05) is 0 Å². The average Bonchev–Trinajstić information content (AvgIpc) is 2.48. The van der Waals surface area contributed by atoms with Crippen molar-refractivity contribution in [2.24, 2.45) is 0 Å². The third-order valence-electron chi connectivity index (χ3n) is 3.02. The number of hydrogen-bond acceptors (Lipinski definition) is 0. The van der Waals surface area contributed by atoms with Gasteiger partial charge in [0.15, 0.2) is 0 Å². The SMILES string of the molecule is C=Cc1ccccc1.C=Cc1ccccc1[Si](C)(C)C. The van der Waals surface area contributed by atoms with Gasteiger partial charge in [-0.1, -0.05) is 105 Å². The van der Waals surface area contributed by atoms with Gasteiger partial charge in [0.05, 0.1) is 8.07 Å². The van der Waals surface area contributed by atoms with Gasteiger partial charge in [-0.05, 0) is 11.1 Å². The second kappa shape index (κ2) is 7.66. The molecule has 0 amide bonds. The molecular weight excluding hydrogens is 256 g/mol. The molecule has 0 nitrogen and oxygen atoms in total. The van der Waals surface area contributed by atoms with Crippen molar-refractivity contribution in [3.8, 4) is 0 Å². The summed E-state index contributed by atoms with van der Waals surface area (Å²) in [6.07, 6.45) is 3.79. The largest absolute Gasteiger partial charge is 0.0985 e. The van der Waals surface area contributed by atoms with Crippen LogP contribution in [0.25, 0.3) is 12.2 Å². The molecule has 0 N–H and O–H groups in total. The molecule has 2 aromatic carbocycles. The molecule has 0 radical (unpaired) electrons. The maximum Gasteiger partial charge on any atom is 0.0783 e. The zero-order valence-corrected chi connectivity index (χ0v) is 13.8. The molecule has 0 aliphatic rings. The van der Waals surface area contributed by atoms with Crippen molar-refractivity contribution in [3.05, 3.63) is 78.9 Å². The summed E-state index contributed by atoms with van der Waals surface area (Å²) in [4.78, 5) is 0. The van der Waals surface area contributed by atoms with Crippen molar-refractivity contribution in [1.82, 2.24) is 0 Å². The molecule has 0 bridgehead atoms. The van der Waals surface area contributed by atoms with Crippen LogP contribution in [0.4, 0.5) is 0 Å². The van der Waals surface area contributed by atoms with E-state index in [-0.39, 0.29) is 0 Å². The van der Waals surface area contributed by atoms with Gasteiger partial charge in [-0.25, -0.2) is 0 Å². The molecule has 0 saturated carbocycles. The first-order valence-corrected chi connectivity index (χ1v) is 10.4. The van der Waals surface area contributed by atoms with Crippen molar-refractivity contribution < 1.29 is 0 Å². The summed E-state index contributed by atoms with van der Waals surface area (Å²) in [5.74, 6) is 0. The highest BCUT2D eigenvalue weighted by Crippen LogP contribution is 2.07. The Morgan fingerprint density at radius 2 is 1.30 bits per heavy atom. The van der Waals surface area contributed by atoms with E-state index in [2.05, 4.69) is 57.1 Å². The van der Waals surface area contributed by atoms with Crippen molar-refractivity contribution in [1.29, 1.82) is 0 Å². The van der Waals surface area contributed by atoms with Crippen molar-refractivity contribution >= 4 is 25.4 Å². The molecule has 0 aliphatic carbocycles. The minimum absolute atomic E-state index is 1.17. The van der Waals surface area contributed by atoms with Gasteiger partial charge in [-0.15, -0.1) is 0 Å². The smallest absolute Gasteiger partial charge is 0.0783 e. The van der Waals surface area contributed by atoms with Crippen LogP contribution in [0, 0.1) is 0 Å². The Morgan fingerprint density at radius 1 is 0.750 bits per heavy atom. The maximum absolute atomic E-state index is 3.83. The first-order valence-electron chi connectivity index (χ1n) is 6.88. The average molecular weight is 280 g/mol. The maximum atomic E-state index is 3.83. The minimum atomic E-state index is -1.17. The van der Waals surface area contributed by atoms with Crippen LogP contribution in [0.3, 0.4) is 0 Å². The van der Waals surface area contributed by atoms with E-state index >= 15 is 0 Å². The Labute approximate surface area is 124 Å². The molecular formula is C19H24Si. The third kappa shape index (κ3) is 5.02. The van der Waals surface area contributed by atoms with Gasteiger partial charge in [-0.2, -0.15) is 0 Å². The summed E-state index contributed by atoms with van der Waals surface area (Å²) in [5.41, 5.74) is 2.48. The standard InChI is InChI=1S/C11H16Si.C8H8/c1-5-10-8-6-7-9-11(10)12(2,3)4;1-2-8-6-4-3-5-7-8/h5-9H,1H2,2-4H3;2-7H,1H2. The van der Waals surface area contributed by atoms with E-state index < -0.39 is 8.07 Å². The normalized spacial score (nSPS) is 10.2. The van der Waals surface area contributed by atoms with E-state index in [0.29, 0.717) is 0 Å². The lowest BCUT2D eigenvalue weighted by molar-refractivity contribution is 1.65. The Bertz CT molecular complexity index is 547. The molecule has 2 aromatic rings. The molecule has 1 heteroatoms. The van der Waals surface area contributed by atoms with Crippen LogP contribution < -0.4 is 5.19 Å². The monoisotopic (exact) mass is 280 g/mol. The third-order valence-corrected chi connectivity index (χ3v) is 5.10. The van der Waals surface area contributed by atoms with E-state index in [0.717, 1.165) is 0 Å². The van der Waals surface area contributed by atoms with Gasteiger partial charge in [-0.3, -0.25) is 0 Å². The molecule has 0 spiro atoms. The summed E-state index contributed by atoms with van der Waals surface area (Å²) in [5, 5.41) is 1.50. The lowest BCUT2D eigenvalue weighted by Gasteiger charge is -2.18. The lowest BCUT2D eigenvalue weighted by atomic mass is 10.2. The Balaban J connectivity index is 0.000000217. The summed E-state index contributed by atoms with van der Waals surface area (Å²) in [7, 11) is -1.17. The molecule has 0 aliphatic heterocycles. The number of rotatable bonds is 3. The van der Waals surface area contributed by atoms with Crippen LogP contribution in [0.2, 0.25) is 19.6 Å². The number of benzene rings is 2. The highest BCUT2D eigenvalue weighted by molar-refractivity contribution is 6.89. The van der Waals surface area contributed by atoms with Crippen LogP contribution in [-0.2, 0) is 0 Å². The minimum Gasteiger partial charge on any atom is -0.0985 e. The molecule has 0 fully saturated rings. The second-order valence-electron chi connectivity index (χ2n) is 5.66. The molecule has 104 valence electrons. The van der Waals surface area contributed by atoms with Crippen LogP contribution in [-0.4, -0.2) is 8.07 Å². The second-order valence-corrected chi connectivity index (χ2v) is 10.7. The van der Waals surface area contributed by atoms with Crippen molar-refractivity contribution in [3.63, 3.8) is 0 Å². The predicted molar refractivity (Wildman–Crippen MR) is 96.0 cm³/mol. The van der Waals surface area contributed by atoms with Crippen LogP contribution in [0.1, 0.15) is 11.1 Å². The Morgan fingerprint density at radius 3 is 1.70 bits per heavy atom. The van der Waals surface area contributed by atoms with Crippen LogP contribution in [0.5, 0.6) is 0 Å². The van der Waals surface area contributed by atoms with E-state index in [9.17, 15) is 0 Å². The van der Waals surface area contributed by atoms with Gasteiger partial charge in [0.1, 0.15) is 0 Å². The van der Waals surface area contributed by atoms with E-state index in [1.54, 1.807) is 0 Å². The molecule has 0 aromatic heterocycles. The zero-order chi connectivity index (χ0) is 15.0. The first-order chi connectivity index (χ1) is 9.49. The molecule has 0 unspecified atom stereocenters. The van der Waals surface area contributed by atoms with Gasteiger partial charge >= 0.3 is 0 Å². The molecule has 0 atom stereocenters. The van der Waals surface area contributed by atoms with Gasteiger partial charge in [0, 0.05) is 0 Å². The predicted octanol–water partition coefficient (Wildman–Crippen LogP) is 5.20. The topological polar surface area (TPSA) is 0 Å². The summed E-state index contributed by atoms with van der Waals surface area (Å²) in [6.45, 7) is 14.5. The molecule has 20 heavy (non-hydrogen) atoms. The Hall–Kier alpha value is -1.86. The van der Waals surface area contributed by atoms with Crippen LogP contribution >= 0.6 is 0 Å². The van der Waals surface area contributed by atoms with Crippen molar-refractivity contribution in [2.45, 2.75) is 19.6 Å². The van der Waals surface area contributed by atoms with Gasteiger partial charge in [0.2, 0.25) is 0 Å².